The van der Waals surface area contributed by atoms with Gasteiger partial charge < -0.3 is 0 Å². The first-order valence-electron chi connectivity index (χ1n) is 21.2. The number of hydrogen-bond acceptors (Lipinski definition) is 6. The topological polar surface area (TPSA) is 77.3 Å². The second kappa shape index (κ2) is 16.2. The maximum absolute atomic E-state index is 5.06. The third-order valence-electron chi connectivity index (χ3n) is 11.8. The smallest absolute Gasteiger partial charge is 0.164 e. The molecule has 9 aromatic rings. The Morgan fingerprint density at radius 1 is 0.306 bits per heavy atom. The third-order valence-corrected chi connectivity index (χ3v) is 11.8. The first kappa shape index (κ1) is 37.1. The van der Waals surface area contributed by atoms with Crippen LogP contribution in [0.2, 0.25) is 0 Å². The summed E-state index contributed by atoms with van der Waals surface area (Å²) in [4.78, 5) is 30.0. The van der Waals surface area contributed by atoms with Gasteiger partial charge in [0.25, 0.3) is 0 Å². The van der Waals surface area contributed by atoms with Crippen LogP contribution in [0.25, 0.3) is 96.1 Å². The molecule has 0 aliphatic heterocycles. The first-order chi connectivity index (χ1) is 30.7. The molecule has 2 heterocycles. The zero-order valence-electron chi connectivity index (χ0n) is 34.0. The lowest BCUT2D eigenvalue weighted by molar-refractivity contribution is 0.980. The Kier molecular flexibility index (Phi) is 9.71. The molecule has 0 saturated carbocycles. The van der Waals surface area contributed by atoms with E-state index in [4.69, 9.17) is 29.9 Å². The second-order valence-corrected chi connectivity index (χ2v) is 15.7. The normalized spacial score (nSPS) is 13.4. The average molecular weight is 797 g/mol. The molecule has 11 rings (SSSR count). The number of nitrogens with zero attached hydrogens (tertiary/aromatic N) is 6. The fraction of sp³-hybridized carbons (Fsp3) is 0.0714. The van der Waals surface area contributed by atoms with Crippen molar-refractivity contribution in [1.82, 2.24) is 29.9 Å². The molecule has 0 unspecified atom stereocenters. The van der Waals surface area contributed by atoms with Gasteiger partial charge in [0.1, 0.15) is 0 Å². The molecule has 0 fully saturated rings. The van der Waals surface area contributed by atoms with E-state index >= 15 is 0 Å². The molecule has 0 spiro atoms. The predicted octanol–water partition coefficient (Wildman–Crippen LogP) is 13.4. The monoisotopic (exact) mass is 796 g/mol. The number of fused-ring (bicyclic) bond motifs is 3. The summed E-state index contributed by atoms with van der Waals surface area (Å²) < 4.78 is 0. The Bertz CT molecular complexity index is 3080. The van der Waals surface area contributed by atoms with E-state index in [0.29, 0.717) is 34.9 Å². The molecule has 0 N–H and O–H groups in total. The van der Waals surface area contributed by atoms with Crippen molar-refractivity contribution in [2.45, 2.75) is 25.7 Å². The summed E-state index contributed by atoms with van der Waals surface area (Å²) in [5.74, 6) is 4.01. The van der Waals surface area contributed by atoms with Gasteiger partial charge >= 0.3 is 0 Å². The molecule has 7 aromatic carbocycles. The van der Waals surface area contributed by atoms with E-state index < -0.39 is 0 Å². The van der Waals surface area contributed by atoms with E-state index in [1.54, 1.807) is 0 Å². The lowest BCUT2D eigenvalue weighted by Crippen LogP contribution is -2.07. The van der Waals surface area contributed by atoms with E-state index in [2.05, 4.69) is 97.1 Å². The number of benzene rings is 7. The van der Waals surface area contributed by atoms with Crippen LogP contribution in [0.15, 0.2) is 188 Å². The van der Waals surface area contributed by atoms with Crippen LogP contribution in [0.4, 0.5) is 0 Å². The zero-order valence-corrected chi connectivity index (χ0v) is 34.0. The summed E-state index contributed by atoms with van der Waals surface area (Å²) in [6.45, 7) is 0. The van der Waals surface area contributed by atoms with Gasteiger partial charge in [-0.05, 0) is 75.4 Å². The van der Waals surface area contributed by atoms with Crippen molar-refractivity contribution < 1.29 is 0 Å². The van der Waals surface area contributed by atoms with Crippen LogP contribution in [-0.4, -0.2) is 29.9 Å². The van der Waals surface area contributed by atoms with Crippen molar-refractivity contribution in [2.75, 3.05) is 0 Å². The van der Waals surface area contributed by atoms with Gasteiger partial charge in [-0.2, -0.15) is 0 Å². The quantitative estimate of drug-likeness (QED) is 0.152. The van der Waals surface area contributed by atoms with Crippen molar-refractivity contribution >= 4 is 28.0 Å². The van der Waals surface area contributed by atoms with Crippen LogP contribution in [-0.2, 0) is 6.42 Å². The van der Waals surface area contributed by atoms with Crippen LogP contribution in [0.5, 0.6) is 0 Å². The van der Waals surface area contributed by atoms with Gasteiger partial charge in [0, 0.05) is 27.8 Å². The highest BCUT2D eigenvalue weighted by Crippen LogP contribution is 2.46. The Balaban J connectivity index is 1.03. The highest BCUT2D eigenvalue weighted by molar-refractivity contribution is 6.07. The highest BCUT2D eigenvalue weighted by atomic mass is 15.0. The van der Waals surface area contributed by atoms with Crippen LogP contribution >= 0.6 is 0 Å². The molecule has 2 aromatic heterocycles. The summed E-state index contributed by atoms with van der Waals surface area (Å²) in [5, 5.41) is 2.55. The minimum absolute atomic E-state index is 0.643. The number of allylic oxidation sites excluding steroid dienone is 5. The first-order valence-corrected chi connectivity index (χ1v) is 21.2. The molecule has 6 nitrogen and oxygen atoms in total. The average Bonchev–Trinajstić information content (AvgIpc) is 3.37. The van der Waals surface area contributed by atoms with Gasteiger partial charge in [0.15, 0.2) is 34.9 Å². The van der Waals surface area contributed by atoms with Gasteiger partial charge in [-0.15, -0.1) is 0 Å². The molecule has 62 heavy (non-hydrogen) atoms. The molecule has 0 atom stereocenters. The summed E-state index contributed by atoms with van der Waals surface area (Å²) in [7, 11) is 0. The molecule has 0 saturated heterocycles. The minimum atomic E-state index is 0.643. The summed E-state index contributed by atoms with van der Waals surface area (Å²) in [5.41, 5.74) is 13.6. The third kappa shape index (κ3) is 7.11. The molecular weight excluding hydrogens is 757 g/mol. The van der Waals surface area contributed by atoms with Crippen molar-refractivity contribution in [2.24, 2.45) is 0 Å². The highest BCUT2D eigenvalue weighted by Gasteiger charge is 2.25. The standard InChI is InChI=1S/C56H40N6/c1-5-17-39(18-6-1)51-57-52(40-19-7-2-8-20-40)60-55(59-51)43-33-29-37(30-34-43)49-47-27-15-13-25-45(47)46-26-14-16-28-48(46)50(49)38-31-35-44(36-32-38)56-61-53(41-21-9-3-10-22-41)58-54(62-56)42-23-11-4-12-24-42/h1-15,17-27,29,31-33,35-36H,16,28,30,34H2. The number of aromatic nitrogens is 6. The van der Waals surface area contributed by atoms with E-state index in [1.165, 1.54) is 44.2 Å². The van der Waals surface area contributed by atoms with Gasteiger partial charge in [0.2, 0.25) is 0 Å². The van der Waals surface area contributed by atoms with Crippen molar-refractivity contribution in [3.05, 3.63) is 211 Å². The maximum atomic E-state index is 5.06. The van der Waals surface area contributed by atoms with Gasteiger partial charge in [0.05, 0.1) is 0 Å². The molecule has 0 bridgehead atoms. The van der Waals surface area contributed by atoms with Crippen LogP contribution in [0.3, 0.4) is 0 Å². The Hall–Kier alpha value is -7.96. The van der Waals surface area contributed by atoms with E-state index in [0.717, 1.165) is 59.1 Å². The summed E-state index contributed by atoms with van der Waals surface area (Å²) in [6, 6.07) is 58.3. The molecule has 0 amide bonds. The van der Waals surface area contributed by atoms with Crippen molar-refractivity contribution in [3.63, 3.8) is 0 Å². The SMILES string of the molecule is C1=Cc2c(c(-c3ccc(-c4nc(-c5ccccc5)nc(-c5ccccc5)n4)cc3)c(C3=CC=C(c4nc(-c5ccccc5)nc(-c5ccccc5)n4)CC3)c3ccccc23)CC1. The van der Waals surface area contributed by atoms with Gasteiger partial charge in [-0.3, -0.25) is 0 Å². The van der Waals surface area contributed by atoms with E-state index in [1.807, 2.05) is 97.1 Å². The predicted molar refractivity (Wildman–Crippen MR) is 252 cm³/mol. The fourth-order valence-electron chi connectivity index (χ4n) is 8.76. The number of rotatable bonds is 8. The second-order valence-electron chi connectivity index (χ2n) is 15.7. The number of hydrogen-bond donors (Lipinski definition) is 0. The molecule has 2 aliphatic rings. The molecule has 0 radical (unpaired) electrons. The van der Waals surface area contributed by atoms with Crippen LogP contribution < -0.4 is 0 Å². The molecule has 6 heteroatoms. The Morgan fingerprint density at radius 3 is 1.16 bits per heavy atom. The fourth-order valence-corrected chi connectivity index (χ4v) is 8.76. The van der Waals surface area contributed by atoms with Crippen LogP contribution in [0, 0.1) is 0 Å². The largest absolute Gasteiger partial charge is 0.209 e. The zero-order chi connectivity index (χ0) is 41.2. The van der Waals surface area contributed by atoms with Gasteiger partial charge in [-0.25, -0.2) is 29.9 Å². The van der Waals surface area contributed by atoms with Crippen molar-refractivity contribution in [3.8, 4) is 68.1 Å². The Labute approximate surface area is 360 Å². The lowest BCUT2D eigenvalue weighted by Gasteiger charge is -2.26. The summed E-state index contributed by atoms with van der Waals surface area (Å²) in [6.07, 6.45) is 12.8. The van der Waals surface area contributed by atoms with E-state index in [-0.39, 0.29) is 0 Å². The Morgan fingerprint density at radius 2 is 0.694 bits per heavy atom. The maximum Gasteiger partial charge on any atom is 0.164 e. The molecule has 294 valence electrons. The summed E-state index contributed by atoms with van der Waals surface area (Å²) >= 11 is 0. The molecular formula is C56H40N6. The van der Waals surface area contributed by atoms with Gasteiger partial charge in [-0.1, -0.05) is 194 Å². The lowest BCUT2D eigenvalue weighted by atomic mass is 9.78. The van der Waals surface area contributed by atoms with Crippen molar-refractivity contribution in [1.29, 1.82) is 0 Å². The van der Waals surface area contributed by atoms with Crippen LogP contribution in [0.1, 0.15) is 41.8 Å². The van der Waals surface area contributed by atoms with E-state index in [9.17, 15) is 0 Å². The minimum Gasteiger partial charge on any atom is -0.209 e. The molecule has 2 aliphatic carbocycles.